The van der Waals surface area contributed by atoms with Gasteiger partial charge in [0.1, 0.15) is 0 Å². The zero-order chi connectivity index (χ0) is 12.1. The number of carbonyl (C=O) groups is 1. The number of carbonyl (C=O) groups excluding carboxylic acids is 1. The lowest BCUT2D eigenvalue weighted by atomic mass is 10.1. The number of rotatable bonds is 4. The third kappa shape index (κ3) is 4.23. The summed E-state index contributed by atoms with van der Waals surface area (Å²) < 4.78 is 0.821. The van der Waals surface area contributed by atoms with Crippen molar-refractivity contribution in [3.05, 3.63) is 28.2 Å². The number of nitrogen functional groups attached to an aromatic ring is 1. The van der Waals surface area contributed by atoms with Crippen molar-refractivity contribution in [3.8, 4) is 0 Å². The largest absolute Gasteiger partial charge is 0.399 e. The predicted octanol–water partition coefficient (Wildman–Crippen LogP) is 2.81. The molecule has 16 heavy (non-hydrogen) atoms. The average molecular weight is 285 g/mol. The molecule has 0 fully saturated rings. The monoisotopic (exact) mass is 284 g/mol. The second kappa shape index (κ2) is 5.89. The summed E-state index contributed by atoms with van der Waals surface area (Å²) in [7, 11) is 0. The van der Waals surface area contributed by atoms with E-state index in [9.17, 15) is 4.79 Å². The molecule has 88 valence electrons. The quantitative estimate of drug-likeness (QED) is 0.836. The molecule has 0 aliphatic rings. The molecule has 0 aliphatic heterocycles. The Labute approximate surface area is 105 Å². The first-order chi connectivity index (χ1) is 7.49. The van der Waals surface area contributed by atoms with Crippen LogP contribution in [0.1, 0.15) is 30.6 Å². The van der Waals surface area contributed by atoms with Gasteiger partial charge in [0.25, 0.3) is 5.91 Å². The Hall–Kier alpha value is -1.03. The molecular formula is C12H17BrN2O. The molecule has 0 spiro atoms. The Kier molecular flexibility index (Phi) is 4.80. The van der Waals surface area contributed by atoms with Crippen molar-refractivity contribution < 1.29 is 4.79 Å². The minimum Gasteiger partial charge on any atom is -0.399 e. The minimum absolute atomic E-state index is 0.0753. The van der Waals surface area contributed by atoms with E-state index in [1.165, 1.54) is 0 Å². The lowest BCUT2D eigenvalue weighted by Gasteiger charge is -2.08. The van der Waals surface area contributed by atoms with E-state index in [1.807, 2.05) is 0 Å². The second-order valence-corrected chi connectivity index (χ2v) is 5.13. The van der Waals surface area contributed by atoms with E-state index >= 15 is 0 Å². The Morgan fingerprint density at radius 3 is 2.69 bits per heavy atom. The number of benzene rings is 1. The Balaban J connectivity index is 2.59. The van der Waals surface area contributed by atoms with Crippen LogP contribution in [0.2, 0.25) is 0 Å². The summed E-state index contributed by atoms with van der Waals surface area (Å²) in [6.45, 7) is 4.95. The molecule has 0 atom stereocenters. The fourth-order valence-electron chi connectivity index (χ4n) is 1.32. The molecule has 0 unspecified atom stereocenters. The number of halogens is 1. The van der Waals surface area contributed by atoms with E-state index in [2.05, 4.69) is 35.1 Å². The van der Waals surface area contributed by atoms with E-state index < -0.39 is 0 Å². The van der Waals surface area contributed by atoms with Crippen LogP contribution < -0.4 is 11.1 Å². The maximum atomic E-state index is 11.7. The van der Waals surface area contributed by atoms with Crippen LogP contribution >= 0.6 is 15.9 Å². The van der Waals surface area contributed by atoms with Crippen LogP contribution in [-0.2, 0) is 0 Å². The maximum Gasteiger partial charge on any atom is 0.251 e. The van der Waals surface area contributed by atoms with Crippen LogP contribution in [0.15, 0.2) is 22.7 Å². The van der Waals surface area contributed by atoms with Gasteiger partial charge in [-0.1, -0.05) is 29.8 Å². The van der Waals surface area contributed by atoms with Crippen molar-refractivity contribution in [2.24, 2.45) is 5.92 Å². The molecule has 0 radical (unpaired) electrons. The van der Waals surface area contributed by atoms with Gasteiger partial charge in [0.05, 0.1) is 0 Å². The standard InChI is InChI=1S/C12H17BrN2O/c1-8(2)3-4-15-12(16)9-5-10(13)7-11(14)6-9/h5-8H,3-4,14H2,1-2H3,(H,15,16). The smallest absolute Gasteiger partial charge is 0.251 e. The molecule has 0 heterocycles. The third-order valence-corrected chi connectivity index (χ3v) is 2.65. The molecule has 4 heteroatoms. The van der Waals surface area contributed by atoms with Crippen molar-refractivity contribution in [2.75, 3.05) is 12.3 Å². The molecular weight excluding hydrogens is 268 g/mol. The summed E-state index contributed by atoms with van der Waals surface area (Å²) in [5.74, 6) is 0.515. The first kappa shape index (κ1) is 13.0. The summed E-state index contributed by atoms with van der Waals surface area (Å²) in [5, 5.41) is 2.87. The molecule has 0 aromatic heterocycles. The zero-order valence-electron chi connectivity index (χ0n) is 9.59. The highest BCUT2D eigenvalue weighted by Crippen LogP contribution is 2.17. The fraction of sp³-hybridized carbons (Fsp3) is 0.417. The lowest BCUT2D eigenvalue weighted by molar-refractivity contribution is 0.0952. The summed E-state index contributed by atoms with van der Waals surface area (Å²) in [6.07, 6.45) is 0.981. The van der Waals surface area contributed by atoms with E-state index in [-0.39, 0.29) is 5.91 Å². The molecule has 1 rings (SSSR count). The van der Waals surface area contributed by atoms with Gasteiger partial charge in [0, 0.05) is 22.3 Å². The molecule has 0 aliphatic carbocycles. The van der Waals surface area contributed by atoms with Gasteiger partial charge in [-0.25, -0.2) is 0 Å². The lowest BCUT2D eigenvalue weighted by Crippen LogP contribution is -2.25. The highest BCUT2D eigenvalue weighted by atomic mass is 79.9. The van der Waals surface area contributed by atoms with Crippen LogP contribution in [0.3, 0.4) is 0 Å². The molecule has 1 aromatic carbocycles. The molecule has 1 amide bonds. The van der Waals surface area contributed by atoms with E-state index in [0.29, 0.717) is 23.7 Å². The van der Waals surface area contributed by atoms with Crippen LogP contribution in [0.25, 0.3) is 0 Å². The SMILES string of the molecule is CC(C)CCNC(=O)c1cc(N)cc(Br)c1. The maximum absolute atomic E-state index is 11.7. The minimum atomic E-state index is -0.0753. The van der Waals surface area contributed by atoms with Gasteiger partial charge < -0.3 is 11.1 Å². The van der Waals surface area contributed by atoms with Crippen molar-refractivity contribution in [1.29, 1.82) is 0 Å². The normalized spacial score (nSPS) is 10.5. The van der Waals surface area contributed by atoms with Gasteiger partial charge in [0.15, 0.2) is 0 Å². The molecule has 0 saturated heterocycles. The van der Waals surface area contributed by atoms with Gasteiger partial charge in [0.2, 0.25) is 0 Å². The number of nitrogens with two attached hydrogens (primary N) is 1. The van der Waals surface area contributed by atoms with Gasteiger partial charge in [-0.2, -0.15) is 0 Å². The zero-order valence-corrected chi connectivity index (χ0v) is 11.2. The van der Waals surface area contributed by atoms with E-state index in [4.69, 9.17) is 5.73 Å². The number of nitrogens with one attached hydrogen (secondary N) is 1. The van der Waals surface area contributed by atoms with Crippen LogP contribution in [0, 0.1) is 5.92 Å². The van der Waals surface area contributed by atoms with Crippen molar-refractivity contribution >= 4 is 27.5 Å². The van der Waals surface area contributed by atoms with E-state index in [0.717, 1.165) is 10.9 Å². The number of hydrogen-bond acceptors (Lipinski definition) is 2. The van der Waals surface area contributed by atoms with Gasteiger partial charge >= 0.3 is 0 Å². The third-order valence-electron chi connectivity index (χ3n) is 2.19. The van der Waals surface area contributed by atoms with Crippen molar-refractivity contribution in [1.82, 2.24) is 5.32 Å². The van der Waals surface area contributed by atoms with Crippen LogP contribution in [0.4, 0.5) is 5.69 Å². The first-order valence-electron chi connectivity index (χ1n) is 5.33. The number of hydrogen-bond donors (Lipinski definition) is 2. The summed E-state index contributed by atoms with van der Waals surface area (Å²) in [4.78, 5) is 11.7. The van der Waals surface area contributed by atoms with E-state index in [1.54, 1.807) is 18.2 Å². The second-order valence-electron chi connectivity index (χ2n) is 4.21. The first-order valence-corrected chi connectivity index (χ1v) is 6.12. The summed E-state index contributed by atoms with van der Waals surface area (Å²) in [6, 6.07) is 5.21. The van der Waals surface area contributed by atoms with Crippen molar-refractivity contribution in [3.63, 3.8) is 0 Å². The highest BCUT2D eigenvalue weighted by Gasteiger charge is 2.06. The average Bonchev–Trinajstić information content (AvgIpc) is 2.15. The van der Waals surface area contributed by atoms with Gasteiger partial charge in [-0.15, -0.1) is 0 Å². The molecule has 3 nitrogen and oxygen atoms in total. The Morgan fingerprint density at radius 1 is 1.44 bits per heavy atom. The van der Waals surface area contributed by atoms with Crippen LogP contribution in [-0.4, -0.2) is 12.5 Å². The molecule has 0 saturated carbocycles. The Bertz CT molecular complexity index is 357. The molecule has 0 bridgehead atoms. The molecule has 1 aromatic rings. The van der Waals surface area contributed by atoms with Crippen LogP contribution in [0.5, 0.6) is 0 Å². The van der Waals surface area contributed by atoms with Gasteiger partial charge in [-0.05, 0) is 30.5 Å². The topological polar surface area (TPSA) is 55.1 Å². The number of amides is 1. The summed E-state index contributed by atoms with van der Waals surface area (Å²) >= 11 is 3.31. The Morgan fingerprint density at radius 2 is 2.12 bits per heavy atom. The van der Waals surface area contributed by atoms with Crippen molar-refractivity contribution in [2.45, 2.75) is 20.3 Å². The summed E-state index contributed by atoms with van der Waals surface area (Å²) in [5.41, 5.74) is 6.84. The fourth-order valence-corrected chi connectivity index (χ4v) is 1.83. The highest BCUT2D eigenvalue weighted by molar-refractivity contribution is 9.10. The van der Waals surface area contributed by atoms with Gasteiger partial charge in [-0.3, -0.25) is 4.79 Å². The predicted molar refractivity (Wildman–Crippen MR) is 70.3 cm³/mol. The molecule has 3 N–H and O–H groups in total. The number of anilines is 1.